The van der Waals surface area contributed by atoms with Crippen molar-refractivity contribution >= 4 is 5.97 Å². The molecule has 60 valence electrons. The Morgan fingerprint density at radius 1 is 1.91 bits per heavy atom. The Kier molecular flexibility index (Phi) is 2.25. The number of aromatic amines is 2. The summed E-state index contributed by atoms with van der Waals surface area (Å²) in [5, 5.41) is 8.56. The van der Waals surface area contributed by atoms with Crippen molar-refractivity contribution in [3.05, 3.63) is 18.2 Å². The van der Waals surface area contributed by atoms with Crippen LogP contribution in [-0.4, -0.2) is 16.1 Å². The Bertz CT molecular complexity index is 231. The van der Waals surface area contributed by atoms with Crippen LogP contribution in [-0.2, 0) is 11.2 Å². The van der Waals surface area contributed by atoms with Crippen molar-refractivity contribution in [3.8, 4) is 0 Å². The molecule has 11 heavy (non-hydrogen) atoms. The fourth-order valence-corrected chi connectivity index (χ4v) is 0.853. The van der Waals surface area contributed by atoms with Crippen LogP contribution in [0.3, 0.4) is 0 Å². The Morgan fingerprint density at radius 2 is 2.64 bits per heavy atom. The molecule has 3 N–H and O–H groups in total. The van der Waals surface area contributed by atoms with Crippen LogP contribution in [0.4, 0.5) is 0 Å². The van der Waals surface area contributed by atoms with Crippen LogP contribution in [0.5, 0.6) is 0 Å². The normalized spacial score (nSPS) is 12.8. The van der Waals surface area contributed by atoms with Gasteiger partial charge in [0.25, 0.3) is 0 Å². The Hall–Kier alpha value is -1.32. The highest BCUT2D eigenvalue weighted by molar-refractivity contribution is 5.69. The second-order valence-electron chi connectivity index (χ2n) is 2.57. The number of hydrogen-bond donors (Lipinski definition) is 2. The summed E-state index contributed by atoms with van der Waals surface area (Å²) in [7, 11) is 0. The monoisotopic (exact) mass is 155 g/mol. The number of nitrogens with one attached hydrogen (secondary N) is 2. The molecule has 0 saturated heterocycles. The minimum atomic E-state index is -0.764. The first-order valence-corrected chi connectivity index (χ1v) is 3.46. The van der Waals surface area contributed by atoms with E-state index in [9.17, 15) is 4.79 Å². The maximum atomic E-state index is 10.4. The molecule has 1 rings (SSSR count). The summed E-state index contributed by atoms with van der Waals surface area (Å²) in [6.07, 6.45) is 3.97. The van der Waals surface area contributed by atoms with Gasteiger partial charge in [0.05, 0.1) is 5.92 Å². The van der Waals surface area contributed by atoms with Crippen LogP contribution >= 0.6 is 0 Å². The molecule has 1 unspecified atom stereocenters. The van der Waals surface area contributed by atoms with Gasteiger partial charge in [-0.25, -0.2) is 4.98 Å². The number of carbonyl (C=O) groups is 1. The smallest absolute Gasteiger partial charge is 0.306 e. The fourth-order valence-electron chi connectivity index (χ4n) is 0.853. The molecule has 0 radical (unpaired) electrons. The van der Waals surface area contributed by atoms with Crippen LogP contribution in [0.1, 0.15) is 12.6 Å². The molecule has 0 bridgehead atoms. The van der Waals surface area contributed by atoms with Gasteiger partial charge < -0.3 is 5.11 Å². The Labute approximate surface area is 64.3 Å². The summed E-state index contributed by atoms with van der Waals surface area (Å²) < 4.78 is 0. The van der Waals surface area contributed by atoms with Gasteiger partial charge in [0.15, 0.2) is 0 Å². The third-order valence-electron chi connectivity index (χ3n) is 1.55. The van der Waals surface area contributed by atoms with E-state index in [1.165, 1.54) is 0 Å². The van der Waals surface area contributed by atoms with E-state index in [1.54, 1.807) is 19.4 Å². The van der Waals surface area contributed by atoms with Gasteiger partial charge >= 0.3 is 5.97 Å². The molecule has 1 atom stereocenters. The van der Waals surface area contributed by atoms with Crippen molar-refractivity contribution in [2.75, 3.05) is 0 Å². The van der Waals surface area contributed by atoms with Gasteiger partial charge in [-0.1, -0.05) is 6.92 Å². The molecule has 0 spiro atoms. The lowest BCUT2D eigenvalue weighted by atomic mass is 10.1. The Balaban J connectivity index is 2.50. The molecular formula is C7H11N2O2+. The van der Waals surface area contributed by atoms with Gasteiger partial charge in [0.1, 0.15) is 11.9 Å². The van der Waals surface area contributed by atoms with E-state index in [4.69, 9.17) is 5.11 Å². The molecular weight excluding hydrogens is 144 g/mol. The van der Waals surface area contributed by atoms with E-state index in [1.807, 2.05) is 0 Å². The molecule has 4 nitrogen and oxygen atoms in total. The third kappa shape index (κ3) is 2.07. The summed E-state index contributed by atoms with van der Waals surface area (Å²) in [6, 6.07) is 0. The second kappa shape index (κ2) is 3.18. The highest BCUT2D eigenvalue weighted by Crippen LogP contribution is 2.02. The molecule has 0 saturated carbocycles. The summed E-state index contributed by atoms with van der Waals surface area (Å²) in [5.74, 6) is -1.10. The van der Waals surface area contributed by atoms with E-state index >= 15 is 0 Å². The molecule has 0 aliphatic rings. The van der Waals surface area contributed by atoms with Gasteiger partial charge in [0, 0.05) is 6.42 Å². The highest BCUT2D eigenvalue weighted by Gasteiger charge is 2.13. The average Bonchev–Trinajstić information content (AvgIpc) is 2.39. The minimum Gasteiger partial charge on any atom is -0.481 e. The maximum absolute atomic E-state index is 10.4. The van der Waals surface area contributed by atoms with Gasteiger partial charge in [-0.2, -0.15) is 0 Å². The lowest BCUT2D eigenvalue weighted by Crippen LogP contribution is -2.12. The molecule has 1 heterocycles. The van der Waals surface area contributed by atoms with Crippen molar-refractivity contribution in [3.63, 3.8) is 0 Å². The number of hydrogen-bond acceptors (Lipinski definition) is 1. The number of aliphatic carboxylic acids is 1. The van der Waals surface area contributed by atoms with Crippen LogP contribution < -0.4 is 4.98 Å². The predicted octanol–water partition coefficient (Wildman–Crippen LogP) is 0.0920. The van der Waals surface area contributed by atoms with E-state index in [2.05, 4.69) is 9.97 Å². The van der Waals surface area contributed by atoms with Crippen LogP contribution in [0.15, 0.2) is 12.5 Å². The van der Waals surface area contributed by atoms with Gasteiger partial charge in [-0.15, -0.1) is 0 Å². The quantitative estimate of drug-likeness (QED) is 0.649. The fraction of sp³-hybridized carbons (Fsp3) is 0.429. The van der Waals surface area contributed by atoms with Crippen molar-refractivity contribution in [2.45, 2.75) is 13.3 Å². The molecule has 0 aliphatic heterocycles. The summed E-state index contributed by atoms with van der Waals surface area (Å²) in [6.45, 7) is 1.68. The van der Waals surface area contributed by atoms with Crippen molar-refractivity contribution in [1.29, 1.82) is 0 Å². The standard InChI is InChI=1S/C7H10N2O2/c1-5(7(10)11)2-6-3-8-4-9-6/h3-5H,2H2,1H3,(H,8,9)(H,10,11)/p+1. The average molecular weight is 155 g/mol. The molecule has 0 fully saturated rings. The van der Waals surface area contributed by atoms with Crippen LogP contribution in [0.2, 0.25) is 0 Å². The second-order valence-corrected chi connectivity index (χ2v) is 2.57. The zero-order valence-electron chi connectivity index (χ0n) is 6.29. The predicted molar refractivity (Wildman–Crippen MR) is 37.9 cm³/mol. The van der Waals surface area contributed by atoms with E-state index in [0.717, 1.165) is 5.69 Å². The number of imidazole rings is 1. The molecule has 1 aromatic heterocycles. The van der Waals surface area contributed by atoms with Crippen LogP contribution in [0.25, 0.3) is 0 Å². The minimum absolute atomic E-state index is 0.331. The molecule has 0 amide bonds. The first kappa shape index (κ1) is 7.78. The zero-order valence-corrected chi connectivity index (χ0v) is 6.29. The van der Waals surface area contributed by atoms with E-state index < -0.39 is 5.97 Å². The van der Waals surface area contributed by atoms with E-state index in [-0.39, 0.29) is 5.92 Å². The third-order valence-corrected chi connectivity index (χ3v) is 1.55. The first-order chi connectivity index (χ1) is 5.20. The largest absolute Gasteiger partial charge is 0.481 e. The summed E-state index contributed by atoms with van der Waals surface area (Å²) in [5.41, 5.74) is 0.917. The molecule has 0 aromatic carbocycles. The zero-order chi connectivity index (χ0) is 8.27. The lowest BCUT2D eigenvalue weighted by Gasteiger charge is -1.99. The van der Waals surface area contributed by atoms with Crippen LogP contribution in [0, 0.1) is 5.92 Å². The van der Waals surface area contributed by atoms with Crippen molar-refractivity contribution in [1.82, 2.24) is 4.98 Å². The molecule has 1 aromatic rings. The number of carboxylic acids is 1. The van der Waals surface area contributed by atoms with Gasteiger partial charge in [0.2, 0.25) is 6.33 Å². The SMILES string of the molecule is CC(Cc1c[nH+]c[nH]1)C(=O)O. The highest BCUT2D eigenvalue weighted by atomic mass is 16.4. The summed E-state index contributed by atoms with van der Waals surface area (Å²) >= 11 is 0. The Morgan fingerprint density at radius 3 is 3.09 bits per heavy atom. The number of rotatable bonds is 3. The number of aromatic nitrogens is 2. The number of carboxylic acid groups (broad SMARTS) is 1. The molecule has 4 heteroatoms. The van der Waals surface area contributed by atoms with Crippen molar-refractivity contribution in [2.24, 2.45) is 5.92 Å². The first-order valence-electron chi connectivity index (χ1n) is 3.46. The topological polar surface area (TPSA) is 67.2 Å². The molecule has 0 aliphatic carbocycles. The maximum Gasteiger partial charge on any atom is 0.306 e. The summed E-state index contributed by atoms with van der Waals surface area (Å²) in [4.78, 5) is 16.1. The van der Waals surface area contributed by atoms with Gasteiger partial charge in [-0.05, 0) is 0 Å². The number of H-pyrrole nitrogens is 2. The lowest BCUT2D eigenvalue weighted by molar-refractivity contribution is -0.376. The van der Waals surface area contributed by atoms with E-state index in [0.29, 0.717) is 6.42 Å². The van der Waals surface area contributed by atoms with Gasteiger partial charge in [-0.3, -0.25) is 9.78 Å². The van der Waals surface area contributed by atoms with Crippen molar-refractivity contribution < 1.29 is 14.9 Å².